The van der Waals surface area contributed by atoms with Crippen LogP contribution < -0.4 is 19.3 Å². The van der Waals surface area contributed by atoms with Crippen molar-refractivity contribution in [2.75, 3.05) is 70.3 Å². The molecule has 0 N–H and O–H groups in total. The lowest BCUT2D eigenvalue weighted by atomic mass is 10.1. The molecule has 0 unspecified atom stereocenters. The Kier molecular flexibility index (Phi) is 5.33. The molecule has 3 heterocycles. The van der Waals surface area contributed by atoms with Crippen LogP contribution in [0.15, 0.2) is 12.1 Å². The number of alkyl halides is 2. The molecule has 2 aromatic rings. The number of aromatic nitrogens is 2. The zero-order valence-electron chi connectivity index (χ0n) is 17.1. The van der Waals surface area contributed by atoms with Crippen molar-refractivity contribution in [2.45, 2.75) is 18.8 Å². The van der Waals surface area contributed by atoms with E-state index in [2.05, 4.69) is 16.8 Å². The largest absolute Gasteiger partial charge is 0.493 e. The number of ether oxygens (including phenoxy) is 2. The summed E-state index contributed by atoms with van der Waals surface area (Å²) in [5.41, 5.74) is 0.721. The minimum Gasteiger partial charge on any atom is -0.493 e. The first-order valence-corrected chi connectivity index (χ1v) is 9.90. The summed E-state index contributed by atoms with van der Waals surface area (Å²) in [6, 6.07) is 3.73. The number of likely N-dealkylation sites (N-methyl/N-ethyl adjacent to an activating group) is 1. The van der Waals surface area contributed by atoms with E-state index in [-0.39, 0.29) is 25.9 Å². The summed E-state index contributed by atoms with van der Waals surface area (Å²) < 4.78 is 38.2. The third-order valence-electron chi connectivity index (χ3n) is 5.75. The predicted molar refractivity (Wildman–Crippen MR) is 109 cm³/mol. The second kappa shape index (κ2) is 7.78. The van der Waals surface area contributed by atoms with Crippen molar-refractivity contribution >= 4 is 22.7 Å². The fraction of sp³-hybridized carbons (Fsp3) is 0.600. The second-order valence-corrected chi connectivity index (χ2v) is 7.70. The van der Waals surface area contributed by atoms with Gasteiger partial charge in [0.1, 0.15) is 5.82 Å². The molecule has 0 amide bonds. The molecule has 158 valence electrons. The molecule has 4 rings (SSSR count). The van der Waals surface area contributed by atoms with Crippen LogP contribution in [0, 0.1) is 0 Å². The number of piperidine rings is 1. The van der Waals surface area contributed by atoms with Crippen LogP contribution in [0.25, 0.3) is 10.9 Å². The molecule has 2 fully saturated rings. The van der Waals surface area contributed by atoms with E-state index >= 15 is 0 Å². The van der Waals surface area contributed by atoms with Crippen LogP contribution in [0.3, 0.4) is 0 Å². The fourth-order valence-electron chi connectivity index (χ4n) is 3.86. The van der Waals surface area contributed by atoms with E-state index in [1.54, 1.807) is 14.2 Å². The SMILES string of the molecule is COc1cc2nc(N3CCC(F)(F)CC3)nc(N3CCN(C)CC3)c2cc1OC. The maximum atomic E-state index is 13.6. The topological polar surface area (TPSA) is 54.0 Å². The normalized spacial score (nSPS) is 20.2. The van der Waals surface area contributed by atoms with Crippen molar-refractivity contribution in [3.05, 3.63) is 12.1 Å². The Morgan fingerprint density at radius 2 is 1.48 bits per heavy atom. The lowest BCUT2D eigenvalue weighted by molar-refractivity contribution is -0.0222. The summed E-state index contributed by atoms with van der Waals surface area (Å²) in [5.74, 6) is -0.0986. The highest BCUT2D eigenvalue weighted by atomic mass is 19.3. The number of nitrogens with zero attached hydrogens (tertiary/aromatic N) is 5. The lowest BCUT2D eigenvalue weighted by Gasteiger charge is -2.35. The molecule has 0 atom stereocenters. The predicted octanol–water partition coefficient (Wildman–Crippen LogP) is 2.63. The van der Waals surface area contributed by atoms with E-state index in [1.807, 2.05) is 17.0 Å². The highest BCUT2D eigenvalue weighted by Gasteiger charge is 2.35. The van der Waals surface area contributed by atoms with Gasteiger partial charge in [-0.15, -0.1) is 0 Å². The Labute approximate surface area is 169 Å². The van der Waals surface area contributed by atoms with Crippen LogP contribution in [-0.4, -0.2) is 81.3 Å². The van der Waals surface area contributed by atoms with Gasteiger partial charge in [-0.3, -0.25) is 0 Å². The number of methoxy groups -OCH3 is 2. The number of anilines is 2. The number of hydrogen-bond acceptors (Lipinski definition) is 7. The van der Waals surface area contributed by atoms with E-state index in [9.17, 15) is 8.78 Å². The van der Waals surface area contributed by atoms with Crippen LogP contribution in [0.5, 0.6) is 11.5 Å². The highest BCUT2D eigenvalue weighted by Crippen LogP contribution is 2.37. The summed E-state index contributed by atoms with van der Waals surface area (Å²) in [4.78, 5) is 15.9. The zero-order valence-corrected chi connectivity index (χ0v) is 17.1. The summed E-state index contributed by atoms with van der Waals surface area (Å²) in [7, 11) is 5.28. The van der Waals surface area contributed by atoms with Gasteiger partial charge in [0.05, 0.1) is 19.7 Å². The smallest absolute Gasteiger partial charge is 0.251 e. The van der Waals surface area contributed by atoms with Gasteiger partial charge in [-0.1, -0.05) is 0 Å². The van der Waals surface area contributed by atoms with Gasteiger partial charge in [0, 0.05) is 63.6 Å². The molecule has 0 radical (unpaired) electrons. The monoisotopic (exact) mass is 407 g/mol. The van der Waals surface area contributed by atoms with Gasteiger partial charge in [-0.2, -0.15) is 4.98 Å². The van der Waals surface area contributed by atoms with Crippen molar-refractivity contribution in [2.24, 2.45) is 0 Å². The first-order valence-electron chi connectivity index (χ1n) is 9.90. The minimum absolute atomic E-state index is 0.176. The van der Waals surface area contributed by atoms with Crippen molar-refractivity contribution in [1.82, 2.24) is 14.9 Å². The zero-order chi connectivity index (χ0) is 20.6. The Balaban J connectivity index is 1.78. The van der Waals surface area contributed by atoms with E-state index in [4.69, 9.17) is 19.4 Å². The van der Waals surface area contributed by atoms with Crippen LogP contribution >= 0.6 is 0 Å². The van der Waals surface area contributed by atoms with Gasteiger partial charge in [0.15, 0.2) is 11.5 Å². The quantitative estimate of drug-likeness (QED) is 0.772. The van der Waals surface area contributed by atoms with Crippen LogP contribution in [-0.2, 0) is 0 Å². The summed E-state index contributed by atoms with van der Waals surface area (Å²) in [6.45, 7) is 4.04. The number of halogens is 2. The third kappa shape index (κ3) is 4.01. The average Bonchev–Trinajstić information content (AvgIpc) is 2.72. The Morgan fingerprint density at radius 3 is 2.10 bits per heavy atom. The molecule has 0 bridgehead atoms. The number of piperazine rings is 1. The molecule has 1 aromatic heterocycles. The molecule has 2 aliphatic rings. The van der Waals surface area contributed by atoms with Crippen molar-refractivity contribution in [1.29, 1.82) is 0 Å². The number of benzene rings is 1. The molecular formula is C20H27F2N5O2. The summed E-state index contributed by atoms with van der Waals surface area (Å²) in [6.07, 6.45) is -0.353. The van der Waals surface area contributed by atoms with Crippen molar-refractivity contribution in [3.8, 4) is 11.5 Å². The maximum Gasteiger partial charge on any atom is 0.251 e. The van der Waals surface area contributed by atoms with Gasteiger partial charge in [0.2, 0.25) is 5.95 Å². The molecule has 7 nitrogen and oxygen atoms in total. The molecule has 9 heteroatoms. The van der Waals surface area contributed by atoms with Crippen molar-refractivity contribution in [3.63, 3.8) is 0 Å². The third-order valence-corrected chi connectivity index (χ3v) is 5.75. The molecule has 0 aliphatic carbocycles. The fourth-order valence-corrected chi connectivity index (χ4v) is 3.86. The molecule has 1 aromatic carbocycles. The maximum absolute atomic E-state index is 13.6. The Hall–Kier alpha value is -2.42. The van der Waals surface area contributed by atoms with Crippen LogP contribution in [0.2, 0.25) is 0 Å². The minimum atomic E-state index is -2.61. The van der Waals surface area contributed by atoms with Gasteiger partial charge in [-0.05, 0) is 13.1 Å². The van der Waals surface area contributed by atoms with E-state index in [0.717, 1.165) is 42.9 Å². The molecule has 0 spiro atoms. The second-order valence-electron chi connectivity index (χ2n) is 7.70. The summed E-state index contributed by atoms with van der Waals surface area (Å²) in [5, 5.41) is 0.873. The van der Waals surface area contributed by atoms with Crippen LogP contribution in [0.4, 0.5) is 20.5 Å². The Bertz CT molecular complexity index is 877. The number of hydrogen-bond donors (Lipinski definition) is 0. The van der Waals surface area contributed by atoms with Gasteiger partial charge < -0.3 is 24.2 Å². The summed E-state index contributed by atoms with van der Waals surface area (Å²) >= 11 is 0. The molecule has 29 heavy (non-hydrogen) atoms. The number of rotatable bonds is 4. The van der Waals surface area contributed by atoms with Gasteiger partial charge in [-0.25, -0.2) is 13.8 Å². The number of fused-ring (bicyclic) bond motifs is 1. The molecular weight excluding hydrogens is 380 g/mol. The Morgan fingerprint density at radius 1 is 0.862 bits per heavy atom. The first kappa shape index (κ1) is 19.9. The van der Waals surface area contributed by atoms with E-state index in [0.29, 0.717) is 17.4 Å². The van der Waals surface area contributed by atoms with E-state index in [1.165, 1.54) is 0 Å². The molecule has 0 saturated carbocycles. The standard InChI is InChI=1S/C20H27F2N5O2/c1-25-8-10-26(11-9-25)18-14-12-16(28-2)17(29-3)13-15(14)23-19(24-18)27-6-4-20(21,22)5-7-27/h12-13H,4-11H2,1-3H3. The average molecular weight is 407 g/mol. The highest BCUT2D eigenvalue weighted by molar-refractivity contribution is 5.93. The van der Waals surface area contributed by atoms with Crippen molar-refractivity contribution < 1.29 is 18.3 Å². The molecule has 2 saturated heterocycles. The van der Waals surface area contributed by atoms with Crippen LogP contribution in [0.1, 0.15) is 12.8 Å². The van der Waals surface area contributed by atoms with Gasteiger partial charge in [0.25, 0.3) is 5.92 Å². The first-order chi connectivity index (χ1) is 13.9. The van der Waals surface area contributed by atoms with E-state index < -0.39 is 5.92 Å². The van der Waals surface area contributed by atoms with Gasteiger partial charge >= 0.3 is 0 Å². The lowest BCUT2D eigenvalue weighted by Crippen LogP contribution is -2.45. The molecule has 2 aliphatic heterocycles.